The largest absolute Gasteiger partial charge is 0.507 e. The maximum absolute atomic E-state index is 9.78. The Kier molecular flexibility index (Phi) is 5.11. The highest BCUT2D eigenvalue weighted by molar-refractivity contribution is 6.33. The molecule has 4 nitrogen and oxygen atoms in total. The Bertz CT molecular complexity index is 952. The van der Waals surface area contributed by atoms with Crippen LogP contribution in [-0.4, -0.2) is 22.6 Å². The Hall–Kier alpha value is -3.11. The number of aromatic hydroxyl groups is 2. The molecule has 124 valence electrons. The minimum absolute atomic E-state index is 0.149. The van der Waals surface area contributed by atoms with Crippen molar-refractivity contribution in [2.75, 3.05) is 0 Å². The van der Waals surface area contributed by atoms with Gasteiger partial charge in [0, 0.05) is 23.6 Å². The summed E-state index contributed by atoms with van der Waals surface area (Å²) in [7, 11) is 0. The molecular weight excluding hydrogens is 336 g/mol. The molecule has 0 atom stereocenters. The predicted octanol–water partition coefficient (Wildman–Crippen LogP) is 5.25. The Morgan fingerprint density at radius 1 is 0.720 bits per heavy atom. The number of nitrogens with zero attached hydrogens (tertiary/aromatic N) is 2. The third kappa shape index (κ3) is 4.25. The van der Waals surface area contributed by atoms with Crippen LogP contribution in [0.1, 0.15) is 11.1 Å². The van der Waals surface area contributed by atoms with Crippen molar-refractivity contribution in [3.63, 3.8) is 0 Å². The standard InChI is InChI=1S/C20H15ClN2O2/c21-17-10-9-16(22-12-14-5-1-3-7-19(14)24)11-18(17)23-13-15-6-2-4-8-20(15)25/h1-13,24-25H. The molecule has 25 heavy (non-hydrogen) atoms. The van der Waals surface area contributed by atoms with E-state index in [0.29, 0.717) is 27.5 Å². The van der Waals surface area contributed by atoms with Crippen LogP contribution in [0.4, 0.5) is 11.4 Å². The van der Waals surface area contributed by atoms with E-state index in [9.17, 15) is 10.2 Å². The van der Waals surface area contributed by atoms with Gasteiger partial charge in [-0.3, -0.25) is 9.98 Å². The smallest absolute Gasteiger partial charge is 0.124 e. The molecule has 0 saturated heterocycles. The first-order valence-corrected chi connectivity index (χ1v) is 7.95. The third-order valence-corrected chi connectivity index (χ3v) is 3.82. The fourth-order valence-electron chi connectivity index (χ4n) is 2.16. The molecule has 3 aromatic rings. The molecule has 3 rings (SSSR count). The van der Waals surface area contributed by atoms with Crippen LogP contribution in [0.3, 0.4) is 0 Å². The van der Waals surface area contributed by atoms with Crippen LogP contribution in [-0.2, 0) is 0 Å². The van der Waals surface area contributed by atoms with Crippen LogP contribution >= 0.6 is 11.6 Å². The van der Waals surface area contributed by atoms with E-state index in [4.69, 9.17) is 11.6 Å². The third-order valence-electron chi connectivity index (χ3n) is 3.50. The molecule has 0 aliphatic rings. The maximum Gasteiger partial charge on any atom is 0.124 e. The number of aliphatic imine (C=N–C) groups is 2. The maximum atomic E-state index is 9.78. The molecule has 0 unspecified atom stereocenters. The van der Waals surface area contributed by atoms with Gasteiger partial charge in [-0.05, 0) is 42.5 Å². The molecule has 0 heterocycles. The fourth-order valence-corrected chi connectivity index (χ4v) is 2.32. The topological polar surface area (TPSA) is 65.2 Å². The first-order chi connectivity index (χ1) is 12.1. The zero-order valence-corrected chi connectivity index (χ0v) is 13.9. The van der Waals surface area contributed by atoms with Crippen LogP contribution in [0.15, 0.2) is 76.7 Å². The van der Waals surface area contributed by atoms with Gasteiger partial charge in [0.25, 0.3) is 0 Å². The second kappa shape index (κ2) is 7.64. The summed E-state index contributed by atoms with van der Waals surface area (Å²) in [6.45, 7) is 0. The second-order valence-electron chi connectivity index (χ2n) is 5.27. The molecule has 0 amide bonds. The number of rotatable bonds is 4. The highest BCUT2D eigenvalue weighted by atomic mass is 35.5. The summed E-state index contributed by atoms with van der Waals surface area (Å²) in [4.78, 5) is 8.67. The van der Waals surface area contributed by atoms with Crippen molar-refractivity contribution >= 4 is 35.4 Å². The Balaban J connectivity index is 1.86. The van der Waals surface area contributed by atoms with Crippen LogP contribution in [0.2, 0.25) is 5.02 Å². The fraction of sp³-hybridized carbons (Fsp3) is 0. The molecular formula is C20H15ClN2O2. The average molecular weight is 351 g/mol. The van der Waals surface area contributed by atoms with E-state index in [1.165, 1.54) is 0 Å². The number of hydrogen-bond acceptors (Lipinski definition) is 4. The van der Waals surface area contributed by atoms with Crippen molar-refractivity contribution in [2.45, 2.75) is 0 Å². The lowest BCUT2D eigenvalue weighted by molar-refractivity contribution is 0.474. The van der Waals surface area contributed by atoms with Gasteiger partial charge in [0.1, 0.15) is 11.5 Å². The van der Waals surface area contributed by atoms with Gasteiger partial charge in [-0.15, -0.1) is 0 Å². The summed E-state index contributed by atoms with van der Waals surface area (Å²) in [5.41, 5.74) is 2.41. The Labute approximate surface area is 150 Å². The van der Waals surface area contributed by atoms with Crippen molar-refractivity contribution in [1.82, 2.24) is 0 Å². The van der Waals surface area contributed by atoms with Crippen molar-refractivity contribution in [3.8, 4) is 11.5 Å². The van der Waals surface area contributed by atoms with E-state index >= 15 is 0 Å². The summed E-state index contributed by atoms with van der Waals surface area (Å²) >= 11 is 6.18. The van der Waals surface area contributed by atoms with Gasteiger partial charge in [-0.2, -0.15) is 0 Å². The molecule has 0 fully saturated rings. The number of hydrogen-bond donors (Lipinski definition) is 2. The predicted molar refractivity (Wildman–Crippen MR) is 102 cm³/mol. The molecule has 0 bridgehead atoms. The normalized spacial score (nSPS) is 11.4. The van der Waals surface area contributed by atoms with Crippen LogP contribution in [0, 0.1) is 0 Å². The zero-order valence-electron chi connectivity index (χ0n) is 13.2. The van der Waals surface area contributed by atoms with Crippen molar-refractivity contribution in [2.24, 2.45) is 9.98 Å². The molecule has 0 saturated carbocycles. The van der Waals surface area contributed by atoms with E-state index in [0.717, 1.165) is 0 Å². The first kappa shape index (κ1) is 16.7. The lowest BCUT2D eigenvalue weighted by atomic mass is 10.2. The molecule has 0 aliphatic heterocycles. The monoisotopic (exact) mass is 350 g/mol. The highest BCUT2D eigenvalue weighted by Crippen LogP contribution is 2.30. The first-order valence-electron chi connectivity index (χ1n) is 7.57. The minimum Gasteiger partial charge on any atom is -0.507 e. The lowest BCUT2D eigenvalue weighted by Crippen LogP contribution is -1.82. The Morgan fingerprint density at radius 3 is 1.88 bits per heavy atom. The van der Waals surface area contributed by atoms with Crippen LogP contribution in [0.25, 0.3) is 0 Å². The number of para-hydroxylation sites is 2. The van der Waals surface area contributed by atoms with E-state index in [-0.39, 0.29) is 11.5 Å². The van der Waals surface area contributed by atoms with Gasteiger partial charge in [0.2, 0.25) is 0 Å². The number of phenolic OH excluding ortho intramolecular Hbond substituents is 2. The minimum atomic E-state index is 0.149. The SMILES string of the molecule is Oc1ccccc1C=Nc1ccc(Cl)c(N=Cc2ccccc2O)c1. The molecule has 0 spiro atoms. The number of halogens is 1. The van der Waals surface area contributed by atoms with Gasteiger partial charge in [-0.1, -0.05) is 35.9 Å². The molecule has 5 heteroatoms. The van der Waals surface area contributed by atoms with Gasteiger partial charge in [0.05, 0.1) is 16.4 Å². The molecule has 0 radical (unpaired) electrons. The molecule has 2 N–H and O–H groups in total. The zero-order chi connectivity index (χ0) is 17.6. The van der Waals surface area contributed by atoms with Crippen molar-refractivity contribution < 1.29 is 10.2 Å². The number of phenols is 2. The summed E-state index contributed by atoms with van der Waals surface area (Å²) < 4.78 is 0. The van der Waals surface area contributed by atoms with Crippen molar-refractivity contribution in [1.29, 1.82) is 0 Å². The molecule has 0 aromatic heterocycles. The summed E-state index contributed by atoms with van der Waals surface area (Å²) in [6, 6.07) is 19.1. The van der Waals surface area contributed by atoms with Gasteiger partial charge >= 0.3 is 0 Å². The van der Waals surface area contributed by atoms with E-state index in [2.05, 4.69) is 9.98 Å². The van der Waals surface area contributed by atoms with Gasteiger partial charge < -0.3 is 10.2 Å². The second-order valence-corrected chi connectivity index (χ2v) is 5.68. The van der Waals surface area contributed by atoms with E-state index in [1.54, 1.807) is 67.0 Å². The highest BCUT2D eigenvalue weighted by Gasteiger charge is 2.02. The van der Waals surface area contributed by atoms with Crippen LogP contribution < -0.4 is 0 Å². The molecule has 3 aromatic carbocycles. The van der Waals surface area contributed by atoms with E-state index in [1.807, 2.05) is 12.1 Å². The van der Waals surface area contributed by atoms with Gasteiger partial charge in [-0.25, -0.2) is 0 Å². The van der Waals surface area contributed by atoms with E-state index < -0.39 is 0 Å². The van der Waals surface area contributed by atoms with Crippen molar-refractivity contribution in [3.05, 3.63) is 82.9 Å². The average Bonchev–Trinajstić information content (AvgIpc) is 2.62. The summed E-state index contributed by atoms with van der Waals surface area (Å²) in [6.07, 6.45) is 3.13. The quantitative estimate of drug-likeness (QED) is 0.631. The Morgan fingerprint density at radius 2 is 1.28 bits per heavy atom. The molecule has 0 aliphatic carbocycles. The lowest BCUT2D eigenvalue weighted by Gasteiger charge is -2.02. The summed E-state index contributed by atoms with van der Waals surface area (Å²) in [5.74, 6) is 0.314. The number of benzene rings is 3. The van der Waals surface area contributed by atoms with Gasteiger partial charge in [0.15, 0.2) is 0 Å². The van der Waals surface area contributed by atoms with Crippen LogP contribution in [0.5, 0.6) is 11.5 Å². The summed E-state index contributed by atoms with van der Waals surface area (Å²) in [5, 5.41) is 20.0.